The van der Waals surface area contributed by atoms with E-state index in [-0.39, 0.29) is 6.10 Å². The van der Waals surface area contributed by atoms with Crippen molar-refractivity contribution in [3.63, 3.8) is 0 Å². The van der Waals surface area contributed by atoms with Gasteiger partial charge in [0.05, 0.1) is 44.5 Å². The lowest BCUT2D eigenvalue weighted by atomic mass is 9.83. The zero-order valence-corrected chi connectivity index (χ0v) is 18.6. The van der Waals surface area contributed by atoms with Crippen molar-refractivity contribution in [2.45, 2.75) is 45.6 Å². The Hall–Kier alpha value is -2.96. The number of unbranched alkanes of at least 4 members (excludes halogenated alkanes) is 1. The molecule has 0 aromatic heterocycles. The molecule has 7 heteroatoms. The lowest BCUT2D eigenvalue weighted by Crippen LogP contribution is -2.29. The summed E-state index contributed by atoms with van der Waals surface area (Å²) in [4.78, 5) is 27.1. The van der Waals surface area contributed by atoms with Crippen molar-refractivity contribution in [2.24, 2.45) is 0 Å². The quantitative estimate of drug-likeness (QED) is 0.566. The smallest absolute Gasteiger partial charge is 0.336 e. The molecule has 0 bridgehead atoms. The Labute approximate surface area is 178 Å². The third kappa shape index (κ3) is 5.34. The number of hydrogen-bond donors (Lipinski definition) is 0. The second kappa shape index (κ2) is 10.7. The molecule has 30 heavy (non-hydrogen) atoms. The lowest BCUT2D eigenvalue weighted by Gasteiger charge is -2.30. The van der Waals surface area contributed by atoms with Crippen LogP contribution in [0.2, 0.25) is 0 Å². The number of methoxy groups -OCH3 is 3. The van der Waals surface area contributed by atoms with Gasteiger partial charge < -0.3 is 23.8 Å². The van der Waals surface area contributed by atoms with Crippen molar-refractivity contribution in [1.29, 1.82) is 0 Å². The molecule has 0 unspecified atom stereocenters. The Morgan fingerprint density at radius 1 is 1.00 bits per heavy atom. The van der Waals surface area contributed by atoms with E-state index in [1.807, 2.05) is 24.8 Å². The molecule has 1 aliphatic heterocycles. The molecular weight excluding hydrogens is 386 g/mol. The van der Waals surface area contributed by atoms with Crippen molar-refractivity contribution < 1.29 is 28.5 Å². The average molecular weight is 418 g/mol. The summed E-state index contributed by atoms with van der Waals surface area (Å²) < 4.78 is 21.3. The summed E-state index contributed by atoms with van der Waals surface area (Å²) in [5.41, 5.74) is 1.42. The Morgan fingerprint density at radius 3 is 2.07 bits per heavy atom. The highest BCUT2D eigenvalue weighted by Gasteiger charge is 2.35. The van der Waals surface area contributed by atoms with Crippen LogP contribution in [0.4, 0.5) is 0 Å². The molecule has 0 saturated heterocycles. The summed E-state index contributed by atoms with van der Waals surface area (Å²) >= 11 is 0. The molecule has 2 rings (SSSR count). The number of ether oxygens (including phenoxy) is 4. The van der Waals surface area contributed by atoms with Gasteiger partial charge in [-0.2, -0.15) is 0 Å². The lowest BCUT2D eigenvalue weighted by molar-refractivity contribution is -0.137. The Balaban J connectivity index is 2.58. The van der Waals surface area contributed by atoms with Gasteiger partial charge in [0.1, 0.15) is 0 Å². The summed E-state index contributed by atoms with van der Waals surface area (Å²) in [6, 6.07) is 5.37. The monoisotopic (exact) mass is 417 g/mol. The van der Waals surface area contributed by atoms with Crippen LogP contribution in [0.1, 0.15) is 45.1 Å². The van der Waals surface area contributed by atoms with Gasteiger partial charge >= 0.3 is 11.9 Å². The van der Waals surface area contributed by atoms with Crippen LogP contribution in [0, 0.1) is 0 Å². The fourth-order valence-electron chi connectivity index (χ4n) is 3.33. The summed E-state index contributed by atoms with van der Waals surface area (Å²) in [5.74, 6) is -0.549. The standard InChI is InChI=1S/C23H31NO6/c1-7-8-11-24-13-17(22(25)28-5)21(18(14-24)23(26)29-6)16-9-10-19(30-15(2)3)20(12-16)27-4/h9-10,12-15,21H,7-8,11H2,1-6H3. The van der Waals surface area contributed by atoms with Gasteiger partial charge in [-0.05, 0) is 38.0 Å². The fraction of sp³-hybridized carbons (Fsp3) is 0.478. The molecule has 7 nitrogen and oxygen atoms in total. The van der Waals surface area contributed by atoms with E-state index in [2.05, 4.69) is 6.92 Å². The summed E-state index contributed by atoms with van der Waals surface area (Å²) in [5, 5.41) is 0. The first-order valence-corrected chi connectivity index (χ1v) is 10.1. The van der Waals surface area contributed by atoms with Gasteiger partial charge in [-0.1, -0.05) is 19.4 Å². The van der Waals surface area contributed by atoms with Gasteiger partial charge in [0.15, 0.2) is 11.5 Å². The fourth-order valence-corrected chi connectivity index (χ4v) is 3.33. The van der Waals surface area contributed by atoms with Crippen LogP contribution in [0.15, 0.2) is 41.7 Å². The summed E-state index contributed by atoms with van der Waals surface area (Å²) in [6.07, 6.45) is 5.35. The van der Waals surface area contributed by atoms with Crippen LogP contribution in [-0.2, 0) is 19.1 Å². The third-order valence-electron chi connectivity index (χ3n) is 4.73. The number of carbonyl (C=O) groups is 2. The first-order chi connectivity index (χ1) is 14.4. The van der Waals surface area contributed by atoms with Gasteiger partial charge in [-0.15, -0.1) is 0 Å². The van der Waals surface area contributed by atoms with Crippen molar-refractivity contribution >= 4 is 11.9 Å². The van der Waals surface area contributed by atoms with Gasteiger partial charge in [-0.25, -0.2) is 9.59 Å². The highest BCUT2D eigenvalue weighted by Crippen LogP contribution is 2.40. The molecule has 164 valence electrons. The minimum Gasteiger partial charge on any atom is -0.493 e. The molecule has 0 amide bonds. The van der Waals surface area contributed by atoms with Crippen molar-refractivity contribution in [2.75, 3.05) is 27.9 Å². The molecule has 0 N–H and O–H groups in total. The van der Waals surface area contributed by atoms with Gasteiger partial charge in [0.25, 0.3) is 0 Å². The van der Waals surface area contributed by atoms with Gasteiger partial charge in [0.2, 0.25) is 0 Å². The van der Waals surface area contributed by atoms with Crippen LogP contribution < -0.4 is 9.47 Å². The highest BCUT2D eigenvalue weighted by atomic mass is 16.5. The van der Waals surface area contributed by atoms with Gasteiger partial charge in [0, 0.05) is 18.9 Å². The van der Waals surface area contributed by atoms with Crippen LogP contribution >= 0.6 is 0 Å². The Morgan fingerprint density at radius 2 is 1.60 bits per heavy atom. The highest BCUT2D eigenvalue weighted by molar-refractivity contribution is 5.98. The van der Waals surface area contributed by atoms with Crippen LogP contribution in [0.25, 0.3) is 0 Å². The maximum atomic E-state index is 12.6. The normalized spacial score (nSPS) is 14.2. The Kier molecular flexibility index (Phi) is 8.33. The molecule has 0 radical (unpaired) electrons. The maximum absolute atomic E-state index is 12.6. The number of carbonyl (C=O) groups excluding carboxylic acids is 2. The number of hydrogen-bond acceptors (Lipinski definition) is 7. The number of rotatable bonds is 9. The van der Waals surface area contributed by atoms with E-state index in [9.17, 15) is 9.59 Å². The number of nitrogens with zero attached hydrogens (tertiary/aromatic N) is 1. The van der Waals surface area contributed by atoms with E-state index in [0.717, 1.165) is 12.8 Å². The van der Waals surface area contributed by atoms with Crippen LogP contribution in [0.3, 0.4) is 0 Å². The minimum atomic E-state index is -0.648. The molecule has 1 heterocycles. The largest absolute Gasteiger partial charge is 0.493 e. The maximum Gasteiger partial charge on any atom is 0.336 e. The van der Waals surface area contributed by atoms with Crippen molar-refractivity contribution in [1.82, 2.24) is 4.90 Å². The third-order valence-corrected chi connectivity index (χ3v) is 4.73. The minimum absolute atomic E-state index is 0.0254. The molecule has 1 aromatic rings. The van der Waals surface area contributed by atoms with Crippen molar-refractivity contribution in [3.8, 4) is 11.5 Å². The van der Waals surface area contributed by atoms with E-state index in [0.29, 0.717) is 34.8 Å². The van der Waals surface area contributed by atoms with Crippen LogP contribution in [0.5, 0.6) is 11.5 Å². The van der Waals surface area contributed by atoms with E-state index in [1.165, 1.54) is 14.2 Å². The molecule has 1 aliphatic rings. The number of benzene rings is 1. The van der Waals surface area contributed by atoms with Gasteiger partial charge in [-0.3, -0.25) is 0 Å². The first kappa shape index (κ1) is 23.3. The molecule has 0 atom stereocenters. The predicted octanol–water partition coefficient (Wildman–Crippen LogP) is 3.80. The predicted molar refractivity (Wildman–Crippen MR) is 113 cm³/mol. The van der Waals surface area contributed by atoms with E-state index in [1.54, 1.807) is 31.6 Å². The SMILES string of the molecule is CCCCN1C=C(C(=O)OC)C(c2ccc(OC(C)C)c(OC)c2)C(C(=O)OC)=C1. The van der Waals surface area contributed by atoms with E-state index < -0.39 is 17.9 Å². The molecule has 1 aromatic carbocycles. The zero-order valence-electron chi connectivity index (χ0n) is 18.6. The summed E-state index contributed by atoms with van der Waals surface area (Å²) in [7, 11) is 4.20. The summed E-state index contributed by atoms with van der Waals surface area (Å²) in [6.45, 7) is 6.61. The zero-order chi connectivity index (χ0) is 22.3. The number of esters is 2. The molecule has 0 aliphatic carbocycles. The van der Waals surface area contributed by atoms with E-state index in [4.69, 9.17) is 18.9 Å². The van der Waals surface area contributed by atoms with Crippen molar-refractivity contribution in [3.05, 3.63) is 47.3 Å². The second-order valence-electron chi connectivity index (χ2n) is 7.25. The molecular formula is C23H31NO6. The molecule has 0 spiro atoms. The molecule has 0 saturated carbocycles. The average Bonchev–Trinajstić information content (AvgIpc) is 2.75. The van der Waals surface area contributed by atoms with Crippen LogP contribution in [-0.4, -0.2) is 50.8 Å². The first-order valence-electron chi connectivity index (χ1n) is 10.1. The Bertz CT molecular complexity index is 793. The van der Waals surface area contributed by atoms with E-state index >= 15 is 0 Å². The topological polar surface area (TPSA) is 74.3 Å². The molecule has 0 fully saturated rings. The second-order valence-corrected chi connectivity index (χ2v) is 7.25.